The lowest BCUT2D eigenvalue weighted by Gasteiger charge is -2.19. The second kappa shape index (κ2) is 8.74. The van der Waals surface area contributed by atoms with Crippen LogP contribution in [-0.4, -0.2) is 19.0 Å². The molecule has 0 fully saturated rings. The lowest BCUT2D eigenvalue weighted by atomic mass is 10.8. The molecule has 0 heterocycles. The van der Waals surface area contributed by atoms with Crippen LogP contribution < -0.4 is 0 Å². The van der Waals surface area contributed by atoms with Gasteiger partial charge in [0.2, 0.25) is 5.69 Å². The summed E-state index contributed by atoms with van der Waals surface area (Å²) in [5.74, 6) is 0.766. The van der Waals surface area contributed by atoms with Crippen molar-refractivity contribution in [3.63, 3.8) is 0 Å². The van der Waals surface area contributed by atoms with Gasteiger partial charge >= 0.3 is 0 Å². The third-order valence-corrected chi connectivity index (χ3v) is 8.56. The summed E-state index contributed by atoms with van der Waals surface area (Å²) in [5.41, 5.74) is -2.13. The molecule has 0 aromatic heterocycles. The first-order valence-electron chi connectivity index (χ1n) is 4.06. The van der Waals surface area contributed by atoms with Gasteiger partial charge in [0, 0.05) is 10.2 Å². The Morgan fingerprint density at radius 2 is 1.93 bits per heavy atom. The van der Waals surface area contributed by atoms with E-state index in [4.69, 9.17) is 20.9 Å². The van der Waals surface area contributed by atoms with E-state index in [2.05, 4.69) is 31.9 Å². The predicted octanol–water partition coefficient (Wildman–Crippen LogP) is 4.65. The molecule has 84 valence electrons. The van der Waals surface area contributed by atoms with Gasteiger partial charge in [0.15, 0.2) is 0 Å². The molecule has 0 rings (SSSR count). The molecule has 0 spiro atoms. The number of hydrogen-bond acceptors (Lipinski definition) is 4. The van der Waals surface area contributed by atoms with Crippen LogP contribution in [0.2, 0.25) is 0 Å². The highest BCUT2D eigenvalue weighted by atomic mass is 79.9. The Morgan fingerprint density at radius 1 is 1.43 bits per heavy atom. The van der Waals surface area contributed by atoms with Crippen LogP contribution in [-0.2, 0) is 20.9 Å². The monoisotopic (exact) mass is 382 g/mol. The lowest BCUT2D eigenvalue weighted by molar-refractivity contribution is 0.280. The van der Waals surface area contributed by atoms with Gasteiger partial charge in [-0.05, 0) is 30.6 Å². The lowest BCUT2D eigenvalue weighted by Crippen LogP contribution is -1.93. The zero-order valence-electron chi connectivity index (χ0n) is 8.03. The SMILES string of the molecule is CCOP(=S)(OCC)SCC(Br)=CBr. The first-order valence-corrected chi connectivity index (χ1v) is 10.00. The molecule has 0 amide bonds. The van der Waals surface area contributed by atoms with Gasteiger partial charge in [0.05, 0.1) is 13.2 Å². The minimum absolute atomic E-state index is 0.597. The van der Waals surface area contributed by atoms with E-state index in [9.17, 15) is 0 Å². The Morgan fingerprint density at radius 3 is 2.29 bits per heavy atom. The third kappa shape index (κ3) is 6.99. The van der Waals surface area contributed by atoms with Crippen molar-refractivity contribution >= 4 is 60.7 Å². The molecule has 0 aliphatic heterocycles. The van der Waals surface area contributed by atoms with Crippen molar-refractivity contribution in [2.75, 3.05) is 19.0 Å². The van der Waals surface area contributed by atoms with Crippen LogP contribution in [0.1, 0.15) is 13.8 Å². The van der Waals surface area contributed by atoms with Crippen LogP contribution in [0, 0.1) is 0 Å². The van der Waals surface area contributed by atoms with Crippen molar-refractivity contribution in [2.24, 2.45) is 0 Å². The normalized spacial score (nSPS) is 13.3. The van der Waals surface area contributed by atoms with Gasteiger partial charge in [-0.3, -0.25) is 0 Å². The van der Waals surface area contributed by atoms with Gasteiger partial charge in [-0.15, -0.1) is 0 Å². The fourth-order valence-electron chi connectivity index (χ4n) is 0.600. The Hall–Kier alpha value is 1.62. The van der Waals surface area contributed by atoms with Gasteiger partial charge in [0.1, 0.15) is 0 Å². The van der Waals surface area contributed by atoms with E-state index in [0.717, 1.165) is 10.2 Å². The quantitative estimate of drug-likeness (QED) is 0.595. The van der Waals surface area contributed by atoms with Crippen LogP contribution in [0.5, 0.6) is 0 Å². The molecule has 0 radical (unpaired) electrons. The molecule has 0 saturated carbocycles. The average molecular weight is 384 g/mol. The smallest absolute Gasteiger partial charge is 0.247 e. The second-order valence-electron chi connectivity index (χ2n) is 2.11. The second-order valence-corrected chi connectivity index (χ2v) is 9.90. The Bertz CT molecular complexity index is 226. The van der Waals surface area contributed by atoms with Crippen molar-refractivity contribution < 1.29 is 9.05 Å². The topological polar surface area (TPSA) is 18.5 Å². The van der Waals surface area contributed by atoms with Gasteiger partial charge in [-0.1, -0.05) is 43.2 Å². The van der Waals surface area contributed by atoms with Crippen LogP contribution in [0.4, 0.5) is 0 Å². The molecular weight excluding hydrogens is 371 g/mol. The van der Waals surface area contributed by atoms with Crippen molar-refractivity contribution in [1.82, 2.24) is 0 Å². The summed E-state index contributed by atoms with van der Waals surface area (Å²) in [4.78, 5) is 1.82. The van der Waals surface area contributed by atoms with Crippen LogP contribution in [0.25, 0.3) is 0 Å². The fraction of sp³-hybridized carbons (Fsp3) is 0.714. The van der Waals surface area contributed by atoms with Crippen molar-refractivity contribution in [3.8, 4) is 0 Å². The third-order valence-electron chi connectivity index (χ3n) is 1.05. The summed E-state index contributed by atoms with van der Waals surface area (Å²) in [5, 5.41) is 0. The highest BCUT2D eigenvalue weighted by molar-refractivity contribution is 9.14. The van der Waals surface area contributed by atoms with E-state index in [1.165, 1.54) is 0 Å². The predicted molar refractivity (Wildman–Crippen MR) is 75.9 cm³/mol. The van der Waals surface area contributed by atoms with Crippen LogP contribution >= 0.6 is 48.9 Å². The summed E-state index contributed by atoms with van der Waals surface area (Å²) in [6, 6.07) is 0. The molecule has 0 aromatic rings. The van der Waals surface area contributed by atoms with Crippen LogP contribution in [0.3, 0.4) is 0 Å². The minimum Gasteiger partial charge on any atom is -0.322 e. The van der Waals surface area contributed by atoms with Gasteiger partial charge in [-0.2, -0.15) is 0 Å². The highest BCUT2D eigenvalue weighted by Crippen LogP contribution is 2.61. The molecule has 7 heteroatoms. The van der Waals surface area contributed by atoms with Crippen LogP contribution in [0.15, 0.2) is 9.47 Å². The molecule has 0 N–H and O–H groups in total. The van der Waals surface area contributed by atoms with Crippen molar-refractivity contribution in [1.29, 1.82) is 0 Å². The Labute approximate surface area is 111 Å². The van der Waals surface area contributed by atoms with Gasteiger partial charge < -0.3 is 9.05 Å². The van der Waals surface area contributed by atoms with Gasteiger partial charge in [0.25, 0.3) is 0 Å². The summed E-state index contributed by atoms with van der Waals surface area (Å²) in [6.45, 7) is 5.05. The van der Waals surface area contributed by atoms with E-state index in [1.807, 2.05) is 18.8 Å². The maximum Gasteiger partial charge on any atom is 0.247 e. The van der Waals surface area contributed by atoms with E-state index in [-0.39, 0.29) is 0 Å². The maximum absolute atomic E-state index is 5.47. The number of halogens is 2. The summed E-state index contributed by atoms with van der Waals surface area (Å²) in [6.07, 6.45) is 0. The number of hydrogen-bond donors (Lipinski definition) is 0. The molecule has 0 aliphatic rings. The van der Waals surface area contributed by atoms with E-state index in [1.54, 1.807) is 11.4 Å². The highest BCUT2D eigenvalue weighted by Gasteiger charge is 2.18. The molecule has 0 aliphatic carbocycles. The molecule has 0 atom stereocenters. The molecule has 0 unspecified atom stereocenters. The van der Waals surface area contributed by atoms with E-state index < -0.39 is 5.69 Å². The standard InChI is InChI=1S/C7H13Br2O2PS2/c1-3-10-12(13,11-4-2)14-6-7(9)5-8/h5H,3-4,6H2,1-2H3. The fourth-order valence-corrected chi connectivity index (χ4v) is 6.15. The molecule has 0 saturated heterocycles. The molecular formula is C7H13Br2O2PS2. The first kappa shape index (κ1) is 15.6. The van der Waals surface area contributed by atoms with E-state index >= 15 is 0 Å². The van der Waals surface area contributed by atoms with E-state index in [0.29, 0.717) is 13.2 Å². The minimum atomic E-state index is -2.13. The molecule has 0 bridgehead atoms. The largest absolute Gasteiger partial charge is 0.322 e. The summed E-state index contributed by atoms with van der Waals surface area (Å²) >= 11 is 13.5. The summed E-state index contributed by atoms with van der Waals surface area (Å²) < 4.78 is 12.0. The summed E-state index contributed by atoms with van der Waals surface area (Å²) in [7, 11) is 0. The van der Waals surface area contributed by atoms with Crippen molar-refractivity contribution in [3.05, 3.63) is 9.47 Å². The molecule has 2 nitrogen and oxygen atoms in total. The number of rotatable bonds is 7. The Balaban J connectivity index is 4.15. The zero-order valence-corrected chi connectivity index (χ0v) is 13.7. The first-order chi connectivity index (χ1) is 6.58. The molecule has 14 heavy (non-hydrogen) atoms. The van der Waals surface area contributed by atoms with Gasteiger partial charge in [-0.25, -0.2) is 0 Å². The average Bonchev–Trinajstić information content (AvgIpc) is 2.15. The maximum atomic E-state index is 5.47. The molecule has 0 aromatic carbocycles. The zero-order chi connectivity index (χ0) is 11.0. The Kier molecular flexibility index (Phi) is 9.75. The van der Waals surface area contributed by atoms with Crippen molar-refractivity contribution in [2.45, 2.75) is 13.8 Å².